The van der Waals surface area contributed by atoms with Crippen molar-refractivity contribution in [3.63, 3.8) is 0 Å². The summed E-state index contributed by atoms with van der Waals surface area (Å²) >= 11 is 0. The molecule has 2 aliphatic rings. The Morgan fingerprint density at radius 1 is 1.05 bits per heavy atom. The van der Waals surface area contributed by atoms with E-state index in [0.717, 1.165) is 5.56 Å². The molecule has 12 nitrogen and oxygen atoms in total. The number of fused-ring (bicyclic) bond motifs is 1. The van der Waals surface area contributed by atoms with Crippen LogP contribution in [-0.4, -0.2) is 76.9 Å². The molecule has 0 aromatic heterocycles. The van der Waals surface area contributed by atoms with Gasteiger partial charge in [0.05, 0.1) is 6.42 Å². The molecule has 2 aromatic carbocycles. The summed E-state index contributed by atoms with van der Waals surface area (Å²) in [4.78, 5) is 52.3. The zero-order chi connectivity index (χ0) is 27.2. The second-order valence-electron chi connectivity index (χ2n) is 9.08. The van der Waals surface area contributed by atoms with E-state index >= 15 is 0 Å². The number of carbonyl (C=O) groups is 4. The fraction of sp³-hybridized carbons (Fsp3) is 0.346. The topological polar surface area (TPSA) is 175 Å². The van der Waals surface area contributed by atoms with Gasteiger partial charge in [0.25, 0.3) is 0 Å². The van der Waals surface area contributed by atoms with Crippen molar-refractivity contribution >= 4 is 35.2 Å². The van der Waals surface area contributed by atoms with Crippen molar-refractivity contribution in [2.45, 2.75) is 31.7 Å². The molecule has 3 amide bonds. The summed E-state index contributed by atoms with van der Waals surface area (Å²) in [5.41, 5.74) is 7.30. The fourth-order valence-electron chi connectivity index (χ4n) is 4.47. The Morgan fingerprint density at radius 3 is 2.50 bits per heavy atom. The maximum atomic E-state index is 12.9. The maximum absolute atomic E-state index is 12.9. The van der Waals surface area contributed by atoms with E-state index in [0.29, 0.717) is 29.2 Å². The number of piperazine rings is 1. The summed E-state index contributed by atoms with van der Waals surface area (Å²) in [5, 5.41) is 19.6. The average Bonchev–Trinajstić information content (AvgIpc) is 3.34. The minimum Gasteiger partial charge on any atom is -0.481 e. The summed E-state index contributed by atoms with van der Waals surface area (Å²) in [6, 6.07) is 11.1. The van der Waals surface area contributed by atoms with Gasteiger partial charge in [-0.1, -0.05) is 6.07 Å². The molecule has 2 heterocycles. The van der Waals surface area contributed by atoms with Crippen LogP contribution < -0.4 is 20.5 Å². The standard InChI is InChI=1S/C26H29N5O7/c27-24(28)17-4-6-18(7-5-17)29-22(32)2-1-9-30-10-11-31(26(36)25(30)35)19(14-23(33)34)12-16-3-8-20-21(13-16)38-15-37-20/h3-8,13,19H,1-2,9-12,14-15H2,(H3,27,28)(H,29,32)(H,33,34). The molecule has 0 aliphatic carbocycles. The highest BCUT2D eigenvalue weighted by atomic mass is 16.7. The summed E-state index contributed by atoms with van der Waals surface area (Å²) in [5.74, 6) is -1.69. The molecular weight excluding hydrogens is 494 g/mol. The number of benzene rings is 2. The van der Waals surface area contributed by atoms with Gasteiger partial charge in [0.1, 0.15) is 5.84 Å². The first-order valence-electron chi connectivity index (χ1n) is 12.2. The minimum atomic E-state index is -1.07. The van der Waals surface area contributed by atoms with Crippen molar-refractivity contribution in [3.8, 4) is 11.5 Å². The molecule has 4 rings (SSSR count). The van der Waals surface area contributed by atoms with Crippen LogP contribution in [0.2, 0.25) is 0 Å². The van der Waals surface area contributed by atoms with Gasteiger partial charge in [-0.3, -0.25) is 24.6 Å². The highest BCUT2D eigenvalue weighted by Gasteiger charge is 2.37. The molecule has 0 saturated carbocycles. The van der Waals surface area contributed by atoms with Crippen molar-refractivity contribution in [1.82, 2.24) is 9.80 Å². The highest BCUT2D eigenvalue weighted by molar-refractivity contribution is 6.35. The van der Waals surface area contributed by atoms with E-state index < -0.39 is 23.8 Å². The van der Waals surface area contributed by atoms with E-state index in [4.69, 9.17) is 20.6 Å². The van der Waals surface area contributed by atoms with Crippen LogP contribution in [0.25, 0.3) is 0 Å². The van der Waals surface area contributed by atoms with Gasteiger partial charge in [0.15, 0.2) is 11.5 Å². The number of ether oxygens (including phenoxy) is 2. The van der Waals surface area contributed by atoms with Crippen LogP contribution in [-0.2, 0) is 25.6 Å². The molecule has 1 unspecified atom stereocenters. The zero-order valence-electron chi connectivity index (χ0n) is 20.6. The molecule has 38 heavy (non-hydrogen) atoms. The Balaban J connectivity index is 1.29. The second kappa shape index (κ2) is 11.6. The maximum Gasteiger partial charge on any atom is 0.312 e. The van der Waals surface area contributed by atoms with Crippen LogP contribution in [0.4, 0.5) is 5.69 Å². The largest absolute Gasteiger partial charge is 0.481 e. The van der Waals surface area contributed by atoms with Gasteiger partial charge in [0, 0.05) is 43.3 Å². The van der Waals surface area contributed by atoms with Crippen LogP contribution in [0.5, 0.6) is 11.5 Å². The van der Waals surface area contributed by atoms with Crippen molar-refractivity contribution in [2.24, 2.45) is 5.73 Å². The minimum absolute atomic E-state index is 0.0654. The first kappa shape index (κ1) is 26.5. The van der Waals surface area contributed by atoms with Crippen LogP contribution in [0.15, 0.2) is 42.5 Å². The van der Waals surface area contributed by atoms with Gasteiger partial charge >= 0.3 is 17.8 Å². The van der Waals surface area contributed by atoms with E-state index in [2.05, 4.69) is 5.32 Å². The predicted molar refractivity (Wildman–Crippen MR) is 136 cm³/mol. The Hall–Kier alpha value is -4.61. The van der Waals surface area contributed by atoms with Gasteiger partial charge in [-0.15, -0.1) is 0 Å². The third-order valence-electron chi connectivity index (χ3n) is 6.41. The molecule has 2 aliphatic heterocycles. The lowest BCUT2D eigenvalue weighted by molar-refractivity contribution is -0.158. The Morgan fingerprint density at radius 2 is 1.79 bits per heavy atom. The lowest BCUT2D eigenvalue weighted by Gasteiger charge is -2.38. The number of nitrogen functional groups attached to an aromatic ring is 1. The number of nitrogens with one attached hydrogen (secondary N) is 2. The lowest BCUT2D eigenvalue weighted by atomic mass is 10.00. The van der Waals surface area contributed by atoms with Gasteiger partial charge < -0.3 is 35.4 Å². The molecule has 2 aromatic rings. The van der Waals surface area contributed by atoms with E-state index in [-0.39, 0.29) is 57.4 Å². The number of aliphatic carboxylic acids is 1. The van der Waals surface area contributed by atoms with Crippen molar-refractivity contribution in [1.29, 1.82) is 5.41 Å². The molecule has 1 saturated heterocycles. The number of amides is 3. The van der Waals surface area contributed by atoms with Crippen molar-refractivity contribution in [3.05, 3.63) is 53.6 Å². The van der Waals surface area contributed by atoms with Crippen LogP contribution >= 0.6 is 0 Å². The first-order chi connectivity index (χ1) is 18.2. The van der Waals surface area contributed by atoms with Crippen molar-refractivity contribution in [2.75, 3.05) is 31.7 Å². The Labute approximate surface area is 218 Å². The number of hydrogen-bond donors (Lipinski definition) is 4. The number of carboxylic acids is 1. The summed E-state index contributed by atoms with van der Waals surface area (Å²) in [7, 11) is 0. The quantitative estimate of drug-likeness (QED) is 0.193. The van der Waals surface area contributed by atoms with Crippen molar-refractivity contribution < 1.29 is 33.8 Å². The van der Waals surface area contributed by atoms with Gasteiger partial charge in [-0.2, -0.15) is 0 Å². The number of nitrogens with zero attached hydrogens (tertiary/aromatic N) is 2. The van der Waals surface area contributed by atoms with Gasteiger partial charge in [-0.05, 0) is 54.8 Å². The molecule has 0 radical (unpaired) electrons. The van der Waals surface area contributed by atoms with E-state index in [1.807, 2.05) is 0 Å². The summed E-state index contributed by atoms with van der Waals surface area (Å²) in [6.45, 7) is 0.779. The molecule has 1 fully saturated rings. The molecule has 12 heteroatoms. The van der Waals surface area contributed by atoms with E-state index in [9.17, 15) is 24.3 Å². The zero-order valence-corrected chi connectivity index (χ0v) is 20.6. The fourth-order valence-corrected chi connectivity index (χ4v) is 4.47. The summed E-state index contributed by atoms with van der Waals surface area (Å²) < 4.78 is 10.7. The molecule has 200 valence electrons. The summed E-state index contributed by atoms with van der Waals surface area (Å²) in [6.07, 6.45) is 0.435. The second-order valence-corrected chi connectivity index (χ2v) is 9.08. The van der Waals surface area contributed by atoms with Crippen LogP contribution in [0.1, 0.15) is 30.4 Å². The lowest BCUT2D eigenvalue weighted by Crippen LogP contribution is -2.58. The van der Waals surface area contributed by atoms with Crippen LogP contribution in [0.3, 0.4) is 0 Å². The molecule has 5 N–H and O–H groups in total. The number of amidine groups is 1. The average molecular weight is 524 g/mol. The van der Waals surface area contributed by atoms with E-state index in [1.165, 1.54) is 9.80 Å². The predicted octanol–water partition coefficient (Wildman–Crippen LogP) is 1.17. The Kier molecular flexibility index (Phi) is 8.09. The third kappa shape index (κ3) is 6.38. The van der Waals surface area contributed by atoms with E-state index in [1.54, 1.807) is 42.5 Å². The number of nitrogens with two attached hydrogens (primary N) is 1. The third-order valence-corrected chi connectivity index (χ3v) is 6.41. The smallest absolute Gasteiger partial charge is 0.312 e. The monoisotopic (exact) mass is 523 g/mol. The first-order valence-corrected chi connectivity index (χ1v) is 12.2. The molecule has 1 atom stereocenters. The number of rotatable bonds is 11. The van der Waals surface area contributed by atoms with Gasteiger partial charge in [0.2, 0.25) is 12.7 Å². The number of carboxylic acid groups (broad SMARTS) is 1. The molecule has 0 spiro atoms. The Bertz CT molecular complexity index is 1250. The number of carbonyl (C=O) groups excluding carboxylic acids is 3. The van der Waals surface area contributed by atoms with Crippen LogP contribution in [0, 0.1) is 5.41 Å². The SMILES string of the molecule is N=C(N)c1ccc(NC(=O)CCCN2CCN(C(CC(=O)O)Cc3ccc4c(c3)OCO4)C(=O)C2=O)cc1. The molecular formula is C26H29N5O7. The van der Waals surface area contributed by atoms with Gasteiger partial charge in [-0.25, -0.2) is 0 Å². The molecule has 0 bridgehead atoms. The highest BCUT2D eigenvalue weighted by Crippen LogP contribution is 2.33. The number of anilines is 1. The normalized spacial score (nSPS) is 15.4. The number of hydrogen-bond acceptors (Lipinski definition) is 7.